The SMILES string of the molecule is C=CC(C)(O)CC/C=C(\C)CCC(O[C@@H]1O[C@H](CO)[C@@H](O)[C@H](O)[C@H]1O)C(C)(C)O. The van der Waals surface area contributed by atoms with Gasteiger partial charge in [-0.15, -0.1) is 6.58 Å². The normalized spacial score (nSPS) is 31.9. The summed E-state index contributed by atoms with van der Waals surface area (Å²) in [6.45, 7) is 9.84. The summed E-state index contributed by atoms with van der Waals surface area (Å²) >= 11 is 0. The van der Waals surface area contributed by atoms with E-state index in [-0.39, 0.29) is 0 Å². The first-order valence-electron chi connectivity index (χ1n) is 10.0. The average Bonchev–Trinajstić information content (AvgIpc) is 2.63. The summed E-state index contributed by atoms with van der Waals surface area (Å²) in [6.07, 6.45) is -1.87. The van der Waals surface area contributed by atoms with E-state index in [0.29, 0.717) is 25.7 Å². The van der Waals surface area contributed by atoms with Crippen LogP contribution in [0.5, 0.6) is 0 Å². The van der Waals surface area contributed by atoms with Crippen LogP contribution < -0.4 is 0 Å². The summed E-state index contributed by atoms with van der Waals surface area (Å²) < 4.78 is 11.1. The van der Waals surface area contributed by atoms with Crippen molar-refractivity contribution in [3.05, 3.63) is 24.3 Å². The highest BCUT2D eigenvalue weighted by molar-refractivity contribution is 5.02. The molecule has 6 N–H and O–H groups in total. The molecule has 1 rings (SSSR count). The van der Waals surface area contributed by atoms with Gasteiger partial charge in [-0.2, -0.15) is 0 Å². The Kier molecular flexibility index (Phi) is 9.91. The number of ether oxygens (including phenoxy) is 2. The third-order valence-electron chi connectivity index (χ3n) is 5.32. The Bertz CT molecular complexity index is 537. The second-order valence-electron chi connectivity index (χ2n) is 8.66. The highest BCUT2D eigenvalue weighted by Crippen LogP contribution is 2.28. The van der Waals surface area contributed by atoms with Crippen LogP contribution in [0.4, 0.5) is 0 Å². The van der Waals surface area contributed by atoms with Gasteiger partial charge in [0.1, 0.15) is 24.4 Å². The lowest BCUT2D eigenvalue weighted by atomic mass is 9.94. The van der Waals surface area contributed by atoms with Gasteiger partial charge in [0, 0.05) is 0 Å². The second kappa shape index (κ2) is 11.0. The number of allylic oxidation sites excluding steroid dienone is 2. The molecule has 7 atom stereocenters. The molecule has 0 saturated carbocycles. The third-order valence-corrected chi connectivity index (χ3v) is 5.32. The zero-order valence-corrected chi connectivity index (χ0v) is 17.9. The topological polar surface area (TPSA) is 140 Å². The Morgan fingerprint density at radius 2 is 1.76 bits per heavy atom. The van der Waals surface area contributed by atoms with Crippen molar-refractivity contribution >= 4 is 0 Å². The van der Waals surface area contributed by atoms with E-state index >= 15 is 0 Å². The number of aliphatic hydroxyl groups is 6. The molecule has 0 radical (unpaired) electrons. The van der Waals surface area contributed by atoms with Gasteiger partial charge >= 0.3 is 0 Å². The van der Waals surface area contributed by atoms with E-state index in [0.717, 1.165) is 5.57 Å². The predicted molar refractivity (Wildman–Crippen MR) is 108 cm³/mol. The lowest BCUT2D eigenvalue weighted by Gasteiger charge is -2.42. The molecular weight excluding hydrogens is 380 g/mol. The van der Waals surface area contributed by atoms with E-state index in [9.17, 15) is 30.6 Å². The van der Waals surface area contributed by atoms with Gasteiger partial charge in [0.05, 0.1) is 23.9 Å². The summed E-state index contributed by atoms with van der Waals surface area (Å²) in [5.74, 6) is 0. The maximum atomic E-state index is 10.5. The molecule has 0 aliphatic carbocycles. The smallest absolute Gasteiger partial charge is 0.187 e. The Morgan fingerprint density at radius 3 is 2.28 bits per heavy atom. The van der Waals surface area contributed by atoms with E-state index in [4.69, 9.17) is 9.47 Å². The number of hydrogen-bond acceptors (Lipinski definition) is 8. The lowest BCUT2D eigenvalue weighted by molar-refractivity contribution is -0.322. The summed E-state index contributed by atoms with van der Waals surface area (Å²) in [7, 11) is 0. The van der Waals surface area contributed by atoms with Crippen LogP contribution in [0, 0.1) is 0 Å². The molecule has 8 heteroatoms. The fourth-order valence-corrected chi connectivity index (χ4v) is 3.10. The molecule has 1 saturated heterocycles. The van der Waals surface area contributed by atoms with Gasteiger partial charge < -0.3 is 40.1 Å². The molecule has 0 spiro atoms. The number of hydrogen-bond donors (Lipinski definition) is 6. The van der Waals surface area contributed by atoms with E-state index < -0.39 is 54.6 Å². The first-order chi connectivity index (χ1) is 13.3. The van der Waals surface area contributed by atoms with Crippen LogP contribution in [-0.2, 0) is 9.47 Å². The van der Waals surface area contributed by atoms with Gasteiger partial charge in [-0.25, -0.2) is 0 Å². The first-order valence-corrected chi connectivity index (χ1v) is 10.0. The Labute approximate surface area is 173 Å². The summed E-state index contributed by atoms with van der Waals surface area (Å²) in [6, 6.07) is 0. The Hall–Kier alpha value is -0.840. The molecule has 2 unspecified atom stereocenters. The van der Waals surface area contributed by atoms with Gasteiger partial charge in [-0.3, -0.25) is 0 Å². The fraction of sp³-hybridized carbons (Fsp3) is 0.810. The van der Waals surface area contributed by atoms with Crippen LogP contribution in [-0.4, -0.2) is 85.3 Å². The van der Waals surface area contributed by atoms with E-state index in [1.807, 2.05) is 13.0 Å². The summed E-state index contributed by atoms with van der Waals surface area (Å²) in [5.41, 5.74) is -1.12. The van der Waals surface area contributed by atoms with E-state index in [2.05, 4.69) is 6.58 Å². The Morgan fingerprint density at radius 1 is 1.14 bits per heavy atom. The van der Waals surface area contributed by atoms with Gasteiger partial charge in [0.15, 0.2) is 6.29 Å². The maximum absolute atomic E-state index is 10.5. The summed E-state index contributed by atoms with van der Waals surface area (Å²) in [5, 5.41) is 59.7. The lowest BCUT2D eigenvalue weighted by Crippen LogP contribution is -2.60. The van der Waals surface area contributed by atoms with Gasteiger partial charge in [0.2, 0.25) is 0 Å². The van der Waals surface area contributed by atoms with Crippen molar-refractivity contribution in [3.63, 3.8) is 0 Å². The molecular formula is C21H38O8. The van der Waals surface area contributed by atoms with E-state index in [1.54, 1.807) is 20.8 Å². The van der Waals surface area contributed by atoms with Crippen LogP contribution in [0.2, 0.25) is 0 Å². The standard InChI is InChI=1S/C21H38O8/c1-6-21(5,27)11-7-8-13(2)9-10-15(20(3,4)26)29-19-18(25)17(24)16(23)14(12-22)28-19/h6,8,14-19,22-27H,1,7,9-12H2,2-5H3/b13-8+/t14-,15?,16-,17+,18-,19+,21?/m1/s1. The molecule has 0 bridgehead atoms. The van der Waals surface area contributed by atoms with Crippen molar-refractivity contribution in [2.75, 3.05) is 6.61 Å². The second-order valence-corrected chi connectivity index (χ2v) is 8.66. The molecule has 29 heavy (non-hydrogen) atoms. The number of aliphatic hydroxyl groups excluding tert-OH is 4. The molecule has 1 aliphatic heterocycles. The largest absolute Gasteiger partial charge is 0.394 e. The molecule has 1 aliphatic rings. The van der Waals surface area contributed by atoms with Gasteiger partial charge in [-0.1, -0.05) is 17.7 Å². The van der Waals surface area contributed by atoms with Crippen molar-refractivity contribution < 1.29 is 40.1 Å². The van der Waals surface area contributed by atoms with Crippen LogP contribution in [0.25, 0.3) is 0 Å². The van der Waals surface area contributed by atoms with Crippen molar-refractivity contribution in [2.24, 2.45) is 0 Å². The molecule has 0 aromatic rings. The van der Waals surface area contributed by atoms with Crippen molar-refractivity contribution in [2.45, 2.75) is 101 Å². The summed E-state index contributed by atoms with van der Waals surface area (Å²) in [4.78, 5) is 0. The first kappa shape index (κ1) is 26.2. The number of rotatable bonds is 11. The Balaban J connectivity index is 2.72. The fourth-order valence-electron chi connectivity index (χ4n) is 3.10. The zero-order chi connectivity index (χ0) is 22.4. The van der Waals surface area contributed by atoms with Crippen molar-refractivity contribution in [1.29, 1.82) is 0 Å². The zero-order valence-electron chi connectivity index (χ0n) is 17.9. The average molecular weight is 419 g/mol. The van der Waals surface area contributed by atoms with Crippen molar-refractivity contribution in [1.82, 2.24) is 0 Å². The van der Waals surface area contributed by atoms with E-state index in [1.165, 1.54) is 6.08 Å². The van der Waals surface area contributed by atoms with Crippen LogP contribution >= 0.6 is 0 Å². The van der Waals surface area contributed by atoms with Gasteiger partial charge in [0.25, 0.3) is 0 Å². The van der Waals surface area contributed by atoms with Crippen LogP contribution in [0.1, 0.15) is 53.4 Å². The monoisotopic (exact) mass is 418 g/mol. The molecule has 1 heterocycles. The van der Waals surface area contributed by atoms with Crippen LogP contribution in [0.15, 0.2) is 24.3 Å². The quantitative estimate of drug-likeness (QED) is 0.265. The molecule has 0 amide bonds. The highest BCUT2D eigenvalue weighted by atomic mass is 16.7. The third kappa shape index (κ3) is 8.07. The minimum absolute atomic E-state index is 0.415. The van der Waals surface area contributed by atoms with Gasteiger partial charge in [-0.05, 0) is 53.4 Å². The molecule has 8 nitrogen and oxygen atoms in total. The predicted octanol–water partition coefficient (Wildman–Crippen LogP) is 0.386. The van der Waals surface area contributed by atoms with Crippen molar-refractivity contribution in [3.8, 4) is 0 Å². The molecule has 170 valence electrons. The molecule has 0 aromatic carbocycles. The minimum atomic E-state index is -1.53. The highest BCUT2D eigenvalue weighted by Gasteiger charge is 2.46. The maximum Gasteiger partial charge on any atom is 0.187 e. The molecule has 0 aromatic heterocycles. The van der Waals surface area contributed by atoms with Crippen LogP contribution in [0.3, 0.4) is 0 Å². The molecule has 1 fully saturated rings. The minimum Gasteiger partial charge on any atom is -0.394 e.